The molecule has 0 N–H and O–H groups in total. The fourth-order valence-corrected chi connectivity index (χ4v) is 4.24. The van der Waals surface area contributed by atoms with Crippen LogP contribution < -0.4 is 0 Å². The second-order valence-corrected chi connectivity index (χ2v) is 7.73. The first-order valence-corrected chi connectivity index (χ1v) is 9.74. The molecule has 2 aliphatic rings. The van der Waals surface area contributed by atoms with Gasteiger partial charge in [0.1, 0.15) is 12.1 Å². The van der Waals surface area contributed by atoms with Crippen LogP contribution in [0, 0.1) is 11.8 Å². The molecular weight excluding hydrogens is 334 g/mol. The first kappa shape index (κ1) is 18.0. The molecule has 2 aromatic carbocycles. The molecule has 0 unspecified atom stereocenters. The molecule has 4 atom stereocenters. The molecular formula is C24H27NO2. The van der Waals surface area contributed by atoms with E-state index in [0.29, 0.717) is 18.4 Å². The van der Waals surface area contributed by atoms with Crippen molar-refractivity contribution in [2.45, 2.75) is 31.9 Å². The average molecular weight is 361 g/mol. The van der Waals surface area contributed by atoms with E-state index in [1.165, 1.54) is 11.1 Å². The van der Waals surface area contributed by atoms with E-state index in [1.54, 1.807) is 7.11 Å². The minimum absolute atomic E-state index is 0.0155. The normalized spacial score (nSPS) is 26.6. The van der Waals surface area contributed by atoms with Gasteiger partial charge < -0.3 is 9.47 Å². The molecule has 1 heterocycles. The van der Waals surface area contributed by atoms with E-state index in [2.05, 4.69) is 74.5 Å². The Bertz CT molecular complexity index is 840. The van der Waals surface area contributed by atoms with Gasteiger partial charge in [0.15, 0.2) is 5.90 Å². The maximum Gasteiger partial charge on any atom is 0.192 e. The van der Waals surface area contributed by atoms with Crippen molar-refractivity contribution in [3.63, 3.8) is 0 Å². The molecule has 0 saturated heterocycles. The Morgan fingerprint density at radius 2 is 1.78 bits per heavy atom. The van der Waals surface area contributed by atoms with Gasteiger partial charge in [-0.25, -0.2) is 4.99 Å². The summed E-state index contributed by atoms with van der Waals surface area (Å²) in [5.74, 6) is 1.87. The van der Waals surface area contributed by atoms with E-state index in [9.17, 15) is 0 Å². The molecule has 1 aliphatic carbocycles. The van der Waals surface area contributed by atoms with Gasteiger partial charge in [-0.1, -0.05) is 80.6 Å². The van der Waals surface area contributed by atoms with Gasteiger partial charge in [0.25, 0.3) is 0 Å². The fraction of sp³-hybridized carbons (Fsp3) is 0.375. The number of hydrogen-bond acceptors (Lipinski definition) is 3. The van der Waals surface area contributed by atoms with Crippen molar-refractivity contribution in [2.24, 2.45) is 16.8 Å². The summed E-state index contributed by atoms with van der Waals surface area (Å²) in [7, 11) is 1.73. The second-order valence-electron chi connectivity index (χ2n) is 7.73. The van der Waals surface area contributed by atoms with Crippen LogP contribution in [0.3, 0.4) is 0 Å². The molecule has 1 aliphatic heterocycles. The molecule has 0 spiro atoms. The van der Waals surface area contributed by atoms with Crippen molar-refractivity contribution in [3.8, 4) is 0 Å². The molecule has 0 radical (unpaired) electrons. The summed E-state index contributed by atoms with van der Waals surface area (Å²) in [5, 5.41) is 0. The average Bonchev–Trinajstić information content (AvgIpc) is 3.11. The second kappa shape index (κ2) is 7.69. The van der Waals surface area contributed by atoms with E-state index in [0.717, 1.165) is 11.5 Å². The number of hydrogen-bond donors (Lipinski definition) is 0. The highest BCUT2D eigenvalue weighted by Crippen LogP contribution is 2.43. The number of ether oxygens (including phenoxy) is 2. The Balaban J connectivity index is 1.72. The van der Waals surface area contributed by atoms with E-state index in [-0.39, 0.29) is 18.1 Å². The maximum absolute atomic E-state index is 6.53. The van der Waals surface area contributed by atoms with Crippen molar-refractivity contribution in [1.29, 1.82) is 0 Å². The minimum atomic E-state index is -0.0907. The third-order valence-electron chi connectivity index (χ3n) is 5.61. The maximum atomic E-state index is 6.53. The van der Waals surface area contributed by atoms with E-state index < -0.39 is 0 Å². The van der Waals surface area contributed by atoms with E-state index >= 15 is 0 Å². The predicted molar refractivity (Wildman–Crippen MR) is 110 cm³/mol. The number of fused-ring (bicyclic) bond motifs is 1. The molecule has 3 heteroatoms. The largest absolute Gasteiger partial charge is 0.470 e. The predicted octanol–water partition coefficient (Wildman–Crippen LogP) is 5.25. The number of allylic oxidation sites excluding steroid dienone is 1. The Morgan fingerprint density at radius 3 is 2.52 bits per heavy atom. The third kappa shape index (κ3) is 3.44. The van der Waals surface area contributed by atoms with Crippen molar-refractivity contribution in [3.05, 3.63) is 77.4 Å². The molecule has 0 amide bonds. The van der Waals surface area contributed by atoms with Crippen LogP contribution in [-0.2, 0) is 9.47 Å². The zero-order valence-corrected chi connectivity index (χ0v) is 16.2. The van der Waals surface area contributed by atoms with Gasteiger partial charge in [0.2, 0.25) is 0 Å². The zero-order chi connectivity index (χ0) is 18.8. The minimum Gasteiger partial charge on any atom is -0.470 e. The monoisotopic (exact) mass is 361 g/mol. The van der Waals surface area contributed by atoms with Crippen LogP contribution in [0.2, 0.25) is 0 Å². The van der Waals surface area contributed by atoms with Crippen molar-refractivity contribution in [1.82, 2.24) is 0 Å². The molecule has 0 fully saturated rings. The summed E-state index contributed by atoms with van der Waals surface area (Å²) in [6.07, 6.45) is 4.48. The molecule has 2 aromatic rings. The molecule has 27 heavy (non-hydrogen) atoms. The van der Waals surface area contributed by atoms with Crippen molar-refractivity contribution >= 4 is 12.0 Å². The SMILES string of the molecule is COC[C@@H]1N=C([C@H]2c3ccccc3C=C[C@@H]2C(C)C)O[C@H]1c1ccccc1. The zero-order valence-electron chi connectivity index (χ0n) is 16.2. The quantitative estimate of drug-likeness (QED) is 0.728. The van der Waals surface area contributed by atoms with Crippen LogP contribution in [0.5, 0.6) is 0 Å². The lowest BCUT2D eigenvalue weighted by molar-refractivity contribution is 0.117. The van der Waals surface area contributed by atoms with Crippen molar-refractivity contribution in [2.75, 3.05) is 13.7 Å². The standard InChI is InChI=1S/C24H27NO2/c1-16(2)19-14-13-17-9-7-8-12-20(17)22(19)24-25-21(15-26-3)23(27-24)18-10-5-4-6-11-18/h4-14,16,19,21-23H,15H2,1-3H3/t19-,21+,22-,23+/m1/s1. The molecule has 140 valence electrons. The highest BCUT2D eigenvalue weighted by molar-refractivity contribution is 5.88. The van der Waals surface area contributed by atoms with Gasteiger partial charge in [0, 0.05) is 7.11 Å². The fourth-order valence-electron chi connectivity index (χ4n) is 4.24. The summed E-state index contributed by atoms with van der Waals surface area (Å²) >= 11 is 0. The molecule has 0 bridgehead atoms. The Kier molecular flexibility index (Phi) is 5.13. The summed E-state index contributed by atoms with van der Waals surface area (Å²) in [5.41, 5.74) is 3.72. The number of nitrogens with zero attached hydrogens (tertiary/aromatic N) is 1. The summed E-state index contributed by atoms with van der Waals surface area (Å²) < 4.78 is 12.0. The Labute approximate surface area is 161 Å². The Morgan fingerprint density at radius 1 is 1.04 bits per heavy atom. The molecule has 0 saturated carbocycles. The van der Waals surface area contributed by atoms with Gasteiger partial charge in [-0.15, -0.1) is 0 Å². The molecule has 0 aromatic heterocycles. The first-order chi connectivity index (χ1) is 13.2. The number of rotatable bonds is 5. The van der Waals surface area contributed by atoms with Gasteiger partial charge in [-0.2, -0.15) is 0 Å². The highest BCUT2D eigenvalue weighted by atomic mass is 16.5. The van der Waals surface area contributed by atoms with Gasteiger partial charge in [0.05, 0.1) is 12.5 Å². The molecule has 3 nitrogen and oxygen atoms in total. The first-order valence-electron chi connectivity index (χ1n) is 9.74. The van der Waals surface area contributed by atoms with E-state index in [1.807, 2.05) is 6.07 Å². The van der Waals surface area contributed by atoms with Crippen LogP contribution >= 0.6 is 0 Å². The van der Waals surface area contributed by atoms with Crippen molar-refractivity contribution < 1.29 is 9.47 Å². The number of methoxy groups -OCH3 is 1. The van der Waals surface area contributed by atoms with E-state index in [4.69, 9.17) is 14.5 Å². The Hall–Kier alpha value is -2.39. The van der Waals surface area contributed by atoms with Crippen LogP contribution in [-0.4, -0.2) is 25.7 Å². The van der Waals surface area contributed by atoms with Crippen LogP contribution in [0.1, 0.15) is 42.6 Å². The molecule has 4 rings (SSSR count). The van der Waals surface area contributed by atoms with Crippen LogP contribution in [0.15, 0.2) is 65.7 Å². The van der Waals surface area contributed by atoms with Gasteiger partial charge in [-0.05, 0) is 28.5 Å². The highest BCUT2D eigenvalue weighted by Gasteiger charge is 2.40. The smallest absolute Gasteiger partial charge is 0.192 e. The lowest BCUT2D eigenvalue weighted by Crippen LogP contribution is -2.27. The topological polar surface area (TPSA) is 30.8 Å². The van der Waals surface area contributed by atoms with Gasteiger partial charge in [-0.3, -0.25) is 0 Å². The lowest BCUT2D eigenvalue weighted by Gasteiger charge is -2.32. The third-order valence-corrected chi connectivity index (χ3v) is 5.61. The summed E-state index contributed by atoms with van der Waals surface area (Å²) in [4.78, 5) is 5.03. The van der Waals surface area contributed by atoms with Crippen LogP contribution in [0.4, 0.5) is 0 Å². The van der Waals surface area contributed by atoms with Gasteiger partial charge >= 0.3 is 0 Å². The number of aliphatic imine (C=N–C) groups is 1. The van der Waals surface area contributed by atoms with Crippen LogP contribution in [0.25, 0.3) is 6.08 Å². The lowest BCUT2D eigenvalue weighted by atomic mass is 9.74. The summed E-state index contributed by atoms with van der Waals surface area (Å²) in [6, 6.07) is 18.9. The number of benzene rings is 2. The summed E-state index contributed by atoms with van der Waals surface area (Å²) in [6.45, 7) is 5.10.